The number of nitrogens with zero attached hydrogens (tertiary/aromatic N) is 1. The maximum absolute atomic E-state index is 12.4. The summed E-state index contributed by atoms with van der Waals surface area (Å²) in [4.78, 5) is 14.4. The predicted molar refractivity (Wildman–Crippen MR) is 76.5 cm³/mol. The lowest BCUT2D eigenvalue weighted by molar-refractivity contribution is 0.0655. The summed E-state index contributed by atoms with van der Waals surface area (Å²) in [5, 5.41) is 3.30. The molecule has 1 amide bonds. The van der Waals surface area contributed by atoms with Gasteiger partial charge in [0.1, 0.15) is 0 Å². The van der Waals surface area contributed by atoms with Gasteiger partial charge in [0.15, 0.2) is 0 Å². The molecule has 0 spiro atoms. The first-order valence-corrected chi connectivity index (χ1v) is 6.18. The van der Waals surface area contributed by atoms with Crippen LogP contribution in [0.3, 0.4) is 0 Å². The van der Waals surface area contributed by atoms with Gasteiger partial charge in [-0.05, 0) is 32.9 Å². The summed E-state index contributed by atoms with van der Waals surface area (Å²) in [5.74, 6) is 0.158. The van der Waals surface area contributed by atoms with E-state index < -0.39 is 0 Å². The van der Waals surface area contributed by atoms with Gasteiger partial charge in [-0.3, -0.25) is 4.79 Å². The number of halogens is 1. The molecule has 0 aliphatic carbocycles. The van der Waals surface area contributed by atoms with Gasteiger partial charge in [-0.2, -0.15) is 0 Å². The summed E-state index contributed by atoms with van der Waals surface area (Å²) in [6, 6.07) is 6.32. The van der Waals surface area contributed by atoms with E-state index in [9.17, 15) is 4.79 Å². The monoisotopic (exact) mass is 268 g/mol. The zero-order valence-corrected chi connectivity index (χ0v) is 12.0. The summed E-state index contributed by atoms with van der Waals surface area (Å²) in [6.45, 7) is 8.73. The van der Waals surface area contributed by atoms with Crippen LogP contribution in [0, 0.1) is 13.8 Å². The Hall–Kier alpha value is -1.06. The van der Waals surface area contributed by atoms with Crippen molar-refractivity contribution in [1.82, 2.24) is 10.2 Å². The van der Waals surface area contributed by atoms with Gasteiger partial charge in [-0.1, -0.05) is 17.2 Å². The van der Waals surface area contributed by atoms with Crippen LogP contribution >= 0.6 is 12.4 Å². The molecule has 0 saturated carbocycles. The minimum atomic E-state index is 0. The van der Waals surface area contributed by atoms with Gasteiger partial charge in [0.25, 0.3) is 5.91 Å². The summed E-state index contributed by atoms with van der Waals surface area (Å²) < 4.78 is 0. The standard InChI is InChI=1S/C14H20N2O.ClH/c1-10-6-11(2)8-13(7-10)14(17)16-5-4-15-9-12(16)3;/h6-8,12,15H,4-5,9H2,1-3H3;1H/t12-;/m1./s1. The fourth-order valence-corrected chi connectivity index (χ4v) is 2.41. The number of piperazine rings is 1. The number of hydrogen-bond donors (Lipinski definition) is 1. The van der Waals surface area contributed by atoms with E-state index in [4.69, 9.17) is 0 Å². The van der Waals surface area contributed by atoms with Crippen molar-refractivity contribution in [2.24, 2.45) is 0 Å². The Morgan fingerprint density at radius 2 is 1.89 bits per heavy atom. The van der Waals surface area contributed by atoms with Crippen molar-refractivity contribution in [2.45, 2.75) is 26.8 Å². The Morgan fingerprint density at radius 3 is 2.44 bits per heavy atom. The van der Waals surface area contributed by atoms with Crippen LogP contribution in [-0.4, -0.2) is 36.5 Å². The minimum Gasteiger partial charge on any atom is -0.333 e. The number of amides is 1. The molecule has 1 aromatic rings. The molecule has 1 aromatic carbocycles. The summed E-state index contributed by atoms with van der Waals surface area (Å²) in [5.41, 5.74) is 3.11. The number of rotatable bonds is 1. The van der Waals surface area contributed by atoms with Crippen LogP contribution in [0.25, 0.3) is 0 Å². The molecule has 18 heavy (non-hydrogen) atoms. The molecule has 0 radical (unpaired) electrons. The van der Waals surface area contributed by atoms with E-state index in [0.29, 0.717) is 0 Å². The number of carbonyl (C=O) groups excluding carboxylic acids is 1. The lowest BCUT2D eigenvalue weighted by atomic mass is 10.1. The largest absolute Gasteiger partial charge is 0.333 e. The second-order valence-corrected chi connectivity index (χ2v) is 4.93. The first-order chi connectivity index (χ1) is 8.08. The molecule has 2 rings (SSSR count). The van der Waals surface area contributed by atoms with Crippen molar-refractivity contribution in [1.29, 1.82) is 0 Å². The fraction of sp³-hybridized carbons (Fsp3) is 0.500. The molecule has 0 unspecified atom stereocenters. The van der Waals surface area contributed by atoms with Crippen molar-refractivity contribution in [3.8, 4) is 0 Å². The molecule has 1 atom stereocenters. The van der Waals surface area contributed by atoms with Crippen LogP contribution < -0.4 is 5.32 Å². The summed E-state index contributed by atoms with van der Waals surface area (Å²) in [7, 11) is 0. The Balaban J connectivity index is 0.00000162. The van der Waals surface area contributed by atoms with Crippen molar-refractivity contribution in [2.75, 3.05) is 19.6 Å². The van der Waals surface area contributed by atoms with Gasteiger partial charge in [0.05, 0.1) is 0 Å². The lowest BCUT2D eigenvalue weighted by Crippen LogP contribution is -2.52. The SMILES string of the molecule is Cc1cc(C)cc(C(=O)N2CCNC[C@H]2C)c1.Cl. The van der Waals surface area contributed by atoms with E-state index in [0.717, 1.165) is 36.3 Å². The Labute approximate surface area is 115 Å². The number of nitrogens with one attached hydrogen (secondary N) is 1. The molecule has 1 heterocycles. The second kappa shape index (κ2) is 6.21. The number of benzene rings is 1. The predicted octanol–water partition coefficient (Wildman–Crippen LogP) is 2.16. The molecule has 1 aliphatic heterocycles. The highest BCUT2D eigenvalue weighted by Crippen LogP contribution is 2.14. The molecule has 1 fully saturated rings. The van der Waals surface area contributed by atoms with Crippen molar-refractivity contribution < 1.29 is 4.79 Å². The second-order valence-electron chi connectivity index (χ2n) is 4.93. The molecule has 4 heteroatoms. The van der Waals surface area contributed by atoms with E-state index in [2.05, 4.69) is 18.3 Å². The summed E-state index contributed by atoms with van der Waals surface area (Å²) in [6.07, 6.45) is 0. The third-order valence-electron chi connectivity index (χ3n) is 3.23. The van der Waals surface area contributed by atoms with Crippen LogP contribution in [0.2, 0.25) is 0 Å². The van der Waals surface area contributed by atoms with E-state index in [-0.39, 0.29) is 24.4 Å². The lowest BCUT2D eigenvalue weighted by Gasteiger charge is -2.34. The minimum absolute atomic E-state index is 0. The third kappa shape index (κ3) is 3.24. The Kier molecular flexibility index (Phi) is 5.17. The zero-order valence-electron chi connectivity index (χ0n) is 11.2. The smallest absolute Gasteiger partial charge is 0.254 e. The fourth-order valence-electron chi connectivity index (χ4n) is 2.41. The van der Waals surface area contributed by atoms with Gasteiger partial charge < -0.3 is 10.2 Å². The molecular weight excluding hydrogens is 248 g/mol. The average molecular weight is 269 g/mol. The van der Waals surface area contributed by atoms with Crippen LogP contribution in [0.5, 0.6) is 0 Å². The maximum Gasteiger partial charge on any atom is 0.254 e. The van der Waals surface area contributed by atoms with Crippen molar-refractivity contribution in [3.05, 3.63) is 34.9 Å². The highest BCUT2D eigenvalue weighted by molar-refractivity contribution is 5.95. The van der Waals surface area contributed by atoms with Crippen molar-refractivity contribution >= 4 is 18.3 Å². The van der Waals surface area contributed by atoms with Crippen LogP contribution in [-0.2, 0) is 0 Å². The molecule has 0 bridgehead atoms. The molecule has 3 nitrogen and oxygen atoms in total. The number of carbonyl (C=O) groups is 1. The topological polar surface area (TPSA) is 32.3 Å². The Morgan fingerprint density at radius 1 is 1.28 bits per heavy atom. The highest BCUT2D eigenvalue weighted by Gasteiger charge is 2.23. The number of hydrogen-bond acceptors (Lipinski definition) is 2. The average Bonchev–Trinajstić information content (AvgIpc) is 2.27. The normalized spacial score (nSPS) is 19.3. The van der Waals surface area contributed by atoms with Gasteiger partial charge >= 0.3 is 0 Å². The van der Waals surface area contributed by atoms with Gasteiger partial charge in [0, 0.05) is 31.2 Å². The first kappa shape index (κ1) is 15.0. The van der Waals surface area contributed by atoms with Gasteiger partial charge in [-0.25, -0.2) is 0 Å². The Bertz CT molecular complexity index is 414. The van der Waals surface area contributed by atoms with Crippen LogP contribution in [0.15, 0.2) is 18.2 Å². The van der Waals surface area contributed by atoms with E-state index in [1.165, 1.54) is 0 Å². The third-order valence-corrected chi connectivity index (χ3v) is 3.23. The molecule has 1 N–H and O–H groups in total. The molecule has 1 saturated heterocycles. The molecular formula is C14H21ClN2O. The van der Waals surface area contributed by atoms with Gasteiger partial charge in [-0.15, -0.1) is 12.4 Å². The summed E-state index contributed by atoms with van der Waals surface area (Å²) >= 11 is 0. The van der Waals surface area contributed by atoms with Crippen LogP contribution in [0.4, 0.5) is 0 Å². The zero-order chi connectivity index (χ0) is 12.4. The van der Waals surface area contributed by atoms with E-state index in [1.807, 2.05) is 30.9 Å². The van der Waals surface area contributed by atoms with Crippen molar-refractivity contribution in [3.63, 3.8) is 0 Å². The highest BCUT2D eigenvalue weighted by atomic mass is 35.5. The van der Waals surface area contributed by atoms with Gasteiger partial charge in [0.2, 0.25) is 0 Å². The number of aryl methyl sites for hydroxylation is 2. The molecule has 100 valence electrons. The maximum atomic E-state index is 12.4. The molecule has 1 aliphatic rings. The molecule has 0 aromatic heterocycles. The van der Waals surface area contributed by atoms with E-state index >= 15 is 0 Å². The quantitative estimate of drug-likeness (QED) is 0.847. The first-order valence-electron chi connectivity index (χ1n) is 6.18. The van der Waals surface area contributed by atoms with E-state index in [1.54, 1.807) is 0 Å². The van der Waals surface area contributed by atoms with Crippen LogP contribution in [0.1, 0.15) is 28.4 Å².